The van der Waals surface area contributed by atoms with Crippen LogP contribution in [0.5, 0.6) is 5.75 Å². The quantitative estimate of drug-likeness (QED) is 0.737. The predicted molar refractivity (Wildman–Crippen MR) is 96.1 cm³/mol. The van der Waals surface area contributed by atoms with Gasteiger partial charge in [-0.25, -0.2) is 4.79 Å². The topological polar surface area (TPSA) is 70.6 Å². The molecule has 3 aliphatic carbocycles. The van der Waals surface area contributed by atoms with E-state index in [1.54, 1.807) is 7.11 Å². The maximum atomic E-state index is 11.0. The number of benzene rings is 1. The standard InChI is InChI=1S/C20H28N2O3/c1-3-4-5-14-8-13-9-15(25-2)6-7-16(13)17(21-14)19-10-20(11-19,12-19)22-18(23)24/h6-7,9,14,17,21-22H,3-5,8,10-12H2,1-2H3,(H,23,24)/t14-,17-,19?,20?/m0/s1. The lowest BCUT2D eigenvalue weighted by atomic mass is 9.36. The van der Waals surface area contributed by atoms with E-state index >= 15 is 0 Å². The van der Waals surface area contributed by atoms with Gasteiger partial charge in [-0.3, -0.25) is 0 Å². The number of methoxy groups -OCH3 is 1. The summed E-state index contributed by atoms with van der Waals surface area (Å²) in [5.41, 5.74) is 2.85. The first kappa shape index (κ1) is 16.7. The largest absolute Gasteiger partial charge is 0.497 e. The van der Waals surface area contributed by atoms with Gasteiger partial charge >= 0.3 is 6.09 Å². The lowest BCUT2D eigenvalue weighted by molar-refractivity contribution is -0.175. The summed E-state index contributed by atoms with van der Waals surface area (Å²) in [7, 11) is 1.72. The second-order valence-corrected chi connectivity index (χ2v) is 8.31. The molecule has 3 saturated carbocycles. The number of carboxylic acid groups (broad SMARTS) is 1. The average molecular weight is 344 g/mol. The Morgan fingerprint density at radius 3 is 2.80 bits per heavy atom. The molecule has 5 rings (SSSR count). The molecule has 0 saturated heterocycles. The molecule has 1 heterocycles. The Bertz CT molecular complexity index is 668. The predicted octanol–water partition coefficient (Wildman–Crippen LogP) is 3.63. The normalized spacial score (nSPS) is 35.1. The maximum Gasteiger partial charge on any atom is 0.405 e. The van der Waals surface area contributed by atoms with Crippen LogP contribution in [0.25, 0.3) is 0 Å². The smallest absolute Gasteiger partial charge is 0.405 e. The Morgan fingerprint density at radius 2 is 2.16 bits per heavy atom. The molecule has 0 spiro atoms. The summed E-state index contributed by atoms with van der Waals surface area (Å²) in [5.74, 6) is 0.926. The Labute approximate surface area is 149 Å². The molecule has 1 amide bonds. The van der Waals surface area contributed by atoms with Crippen molar-refractivity contribution in [2.45, 2.75) is 69.5 Å². The molecule has 25 heavy (non-hydrogen) atoms. The molecule has 5 heteroatoms. The van der Waals surface area contributed by atoms with Crippen molar-refractivity contribution in [3.8, 4) is 5.75 Å². The highest BCUT2D eigenvalue weighted by molar-refractivity contribution is 5.67. The summed E-state index contributed by atoms with van der Waals surface area (Å²) in [5, 5.41) is 15.7. The number of amides is 1. The van der Waals surface area contributed by atoms with E-state index in [1.165, 1.54) is 30.4 Å². The van der Waals surface area contributed by atoms with Crippen LogP contribution in [-0.2, 0) is 6.42 Å². The van der Waals surface area contributed by atoms with Crippen LogP contribution in [0.15, 0.2) is 18.2 Å². The van der Waals surface area contributed by atoms with E-state index in [2.05, 4.69) is 35.8 Å². The van der Waals surface area contributed by atoms with Gasteiger partial charge in [-0.1, -0.05) is 25.8 Å². The fraction of sp³-hybridized carbons (Fsp3) is 0.650. The third kappa shape index (κ3) is 2.69. The molecule has 1 aromatic rings. The highest BCUT2D eigenvalue weighted by atomic mass is 16.5. The van der Waals surface area contributed by atoms with Crippen LogP contribution in [0.3, 0.4) is 0 Å². The lowest BCUT2D eigenvalue weighted by Gasteiger charge is -2.73. The summed E-state index contributed by atoms with van der Waals surface area (Å²) >= 11 is 0. The minimum atomic E-state index is -0.893. The van der Waals surface area contributed by atoms with Crippen molar-refractivity contribution < 1.29 is 14.6 Å². The van der Waals surface area contributed by atoms with E-state index in [-0.39, 0.29) is 11.0 Å². The number of carbonyl (C=O) groups is 1. The molecule has 3 fully saturated rings. The molecule has 2 atom stereocenters. The molecule has 136 valence electrons. The minimum Gasteiger partial charge on any atom is -0.497 e. The molecule has 3 N–H and O–H groups in total. The number of nitrogens with one attached hydrogen (secondary N) is 2. The molecule has 0 aromatic heterocycles. The molecule has 1 aromatic carbocycles. The van der Waals surface area contributed by atoms with Gasteiger partial charge in [0.1, 0.15) is 5.75 Å². The molecule has 1 aliphatic heterocycles. The molecule has 5 nitrogen and oxygen atoms in total. The van der Waals surface area contributed by atoms with Crippen LogP contribution < -0.4 is 15.4 Å². The Kier molecular flexibility index (Phi) is 3.95. The van der Waals surface area contributed by atoms with Gasteiger partial charge in [0.15, 0.2) is 0 Å². The first-order chi connectivity index (χ1) is 12.0. The van der Waals surface area contributed by atoms with Gasteiger partial charge in [0, 0.05) is 17.6 Å². The van der Waals surface area contributed by atoms with E-state index in [9.17, 15) is 4.79 Å². The molecule has 4 aliphatic rings. The summed E-state index contributed by atoms with van der Waals surface area (Å²) < 4.78 is 5.43. The van der Waals surface area contributed by atoms with Crippen LogP contribution in [0.1, 0.15) is 62.6 Å². The van der Waals surface area contributed by atoms with Gasteiger partial charge in [-0.15, -0.1) is 0 Å². The van der Waals surface area contributed by atoms with Crippen molar-refractivity contribution in [2.24, 2.45) is 5.41 Å². The number of fused-ring (bicyclic) bond motifs is 1. The van der Waals surface area contributed by atoms with Gasteiger partial charge in [0.05, 0.1) is 7.11 Å². The lowest BCUT2D eigenvalue weighted by Crippen LogP contribution is -2.77. The highest BCUT2D eigenvalue weighted by Crippen LogP contribution is 2.72. The third-order valence-electron chi connectivity index (χ3n) is 6.49. The molecule has 0 unspecified atom stereocenters. The van der Waals surface area contributed by atoms with E-state index in [0.717, 1.165) is 31.4 Å². The fourth-order valence-corrected chi connectivity index (χ4v) is 5.49. The Morgan fingerprint density at radius 1 is 1.40 bits per heavy atom. The monoisotopic (exact) mass is 344 g/mol. The number of hydrogen-bond acceptors (Lipinski definition) is 3. The summed E-state index contributed by atoms with van der Waals surface area (Å²) in [6, 6.07) is 7.29. The van der Waals surface area contributed by atoms with Crippen molar-refractivity contribution in [3.05, 3.63) is 29.3 Å². The number of unbranched alkanes of at least 4 members (excludes halogenated alkanes) is 1. The minimum absolute atomic E-state index is 0.156. The Balaban J connectivity index is 1.57. The molecule has 0 radical (unpaired) electrons. The van der Waals surface area contributed by atoms with Crippen molar-refractivity contribution in [1.29, 1.82) is 0 Å². The summed E-state index contributed by atoms with van der Waals surface area (Å²) in [6.45, 7) is 2.24. The zero-order valence-electron chi connectivity index (χ0n) is 15.1. The summed E-state index contributed by atoms with van der Waals surface area (Å²) in [6.07, 6.45) is 6.67. The molecular formula is C20H28N2O3. The van der Waals surface area contributed by atoms with Crippen LogP contribution in [0.4, 0.5) is 4.79 Å². The van der Waals surface area contributed by atoms with E-state index in [1.807, 2.05) is 0 Å². The first-order valence-electron chi connectivity index (χ1n) is 9.43. The number of hydrogen-bond donors (Lipinski definition) is 3. The van der Waals surface area contributed by atoms with Crippen LogP contribution in [0, 0.1) is 5.41 Å². The van der Waals surface area contributed by atoms with Gasteiger partial charge in [-0.2, -0.15) is 0 Å². The zero-order chi connectivity index (χ0) is 17.7. The zero-order valence-corrected chi connectivity index (χ0v) is 15.1. The Hall–Kier alpha value is -1.75. The second-order valence-electron chi connectivity index (χ2n) is 8.31. The van der Waals surface area contributed by atoms with Crippen LogP contribution in [-0.4, -0.2) is 29.9 Å². The van der Waals surface area contributed by atoms with Crippen molar-refractivity contribution in [1.82, 2.24) is 10.6 Å². The van der Waals surface area contributed by atoms with Gasteiger partial charge < -0.3 is 20.5 Å². The van der Waals surface area contributed by atoms with Gasteiger partial charge in [0.25, 0.3) is 0 Å². The maximum absolute atomic E-state index is 11.0. The van der Waals surface area contributed by atoms with Crippen LogP contribution in [0.2, 0.25) is 0 Å². The summed E-state index contributed by atoms with van der Waals surface area (Å²) in [4.78, 5) is 11.0. The molecule has 2 bridgehead atoms. The van der Waals surface area contributed by atoms with Crippen molar-refractivity contribution in [2.75, 3.05) is 7.11 Å². The SMILES string of the molecule is CCCC[C@H]1Cc2cc(OC)ccc2[C@@H](C23CC(NC(=O)O)(C2)C3)N1. The number of rotatable bonds is 6. The van der Waals surface area contributed by atoms with E-state index in [4.69, 9.17) is 9.84 Å². The van der Waals surface area contributed by atoms with Crippen LogP contribution >= 0.6 is 0 Å². The fourth-order valence-electron chi connectivity index (χ4n) is 5.49. The van der Waals surface area contributed by atoms with Gasteiger partial charge in [-0.05, 0) is 60.8 Å². The average Bonchev–Trinajstić information content (AvgIpc) is 2.53. The van der Waals surface area contributed by atoms with Crippen molar-refractivity contribution >= 4 is 6.09 Å². The van der Waals surface area contributed by atoms with E-state index in [0.29, 0.717) is 12.1 Å². The second kappa shape index (κ2) is 5.90. The number of ether oxygens (including phenoxy) is 1. The third-order valence-corrected chi connectivity index (χ3v) is 6.49. The highest BCUT2D eigenvalue weighted by Gasteiger charge is 2.71. The molecular weight excluding hydrogens is 316 g/mol. The first-order valence-corrected chi connectivity index (χ1v) is 9.43. The van der Waals surface area contributed by atoms with E-state index < -0.39 is 6.09 Å². The van der Waals surface area contributed by atoms with Gasteiger partial charge in [0.2, 0.25) is 0 Å². The van der Waals surface area contributed by atoms with Crippen molar-refractivity contribution in [3.63, 3.8) is 0 Å².